The first-order chi connectivity index (χ1) is 13.0. The Labute approximate surface area is 157 Å². The molecule has 1 fully saturated rings. The van der Waals surface area contributed by atoms with Crippen LogP contribution in [0.5, 0.6) is 0 Å². The number of anilines is 1. The lowest BCUT2D eigenvalue weighted by Gasteiger charge is -2.44. The van der Waals surface area contributed by atoms with E-state index in [4.69, 9.17) is 5.10 Å². The number of nitrogens with zero attached hydrogens (tertiary/aromatic N) is 7. The van der Waals surface area contributed by atoms with Crippen LogP contribution in [0.2, 0.25) is 0 Å². The van der Waals surface area contributed by atoms with Gasteiger partial charge in [0.15, 0.2) is 11.5 Å². The maximum absolute atomic E-state index is 12.2. The monoisotopic (exact) mass is 365 g/mol. The minimum atomic E-state index is 0.204. The van der Waals surface area contributed by atoms with E-state index < -0.39 is 0 Å². The first-order valence-corrected chi connectivity index (χ1v) is 9.16. The highest BCUT2D eigenvalue weighted by Crippen LogP contribution is 2.24. The molecule has 0 N–H and O–H groups in total. The standard InChI is InChI=1S/C19H23N7O/c1-13(2)9-18(27)24(3)15-11-25(12-15)17-7-6-16-21-22-19(26(16)23-17)14-5-4-8-20-10-14/h4-8,10,13,15H,9,11-12H2,1-3H3. The van der Waals surface area contributed by atoms with Gasteiger partial charge in [-0.3, -0.25) is 9.78 Å². The molecule has 8 nitrogen and oxygen atoms in total. The molecule has 3 aromatic heterocycles. The van der Waals surface area contributed by atoms with Crippen molar-refractivity contribution in [2.45, 2.75) is 26.3 Å². The fourth-order valence-corrected chi connectivity index (χ4v) is 3.21. The molecule has 8 heteroatoms. The number of pyridine rings is 1. The van der Waals surface area contributed by atoms with Crippen molar-refractivity contribution in [2.75, 3.05) is 25.0 Å². The molecule has 0 aromatic carbocycles. The number of hydrogen-bond donors (Lipinski definition) is 0. The number of aromatic nitrogens is 5. The number of amides is 1. The van der Waals surface area contributed by atoms with Crippen molar-refractivity contribution in [3.8, 4) is 11.4 Å². The summed E-state index contributed by atoms with van der Waals surface area (Å²) in [4.78, 5) is 20.4. The zero-order valence-electron chi connectivity index (χ0n) is 15.8. The predicted molar refractivity (Wildman–Crippen MR) is 102 cm³/mol. The van der Waals surface area contributed by atoms with E-state index in [2.05, 4.69) is 33.9 Å². The summed E-state index contributed by atoms with van der Waals surface area (Å²) in [6.45, 7) is 5.69. The van der Waals surface area contributed by atoms with Gasteiger partial charge < -0.3 is 9.80 Å². The largest absolute Gasteiger partial charge is 0.351 e. The minimum absolute atomic E-state index is 0.204. The lowest BCUT2D eigenvalue weighted by Crippen LogP contribution is -2.60. The lowest BCUT2D eigenvalue weighted by molar-refractivity contribution is -0.133. The summed E-state index contributed by atoms with van der Waals surface area (Å²) in [5, 5.41) is 13.1. The Hall–Kier alpha value is -3.03. The maximum Gasteiger partial charge on any atom is 0.222 e. The van der Waals surface area contributed by atoms with E-state index in [1.165, 1.54) is 0 Å². The average Bonchev–Trinajstić information content (AvgIpc) is 3.04. The molecule has 0 atom stereocenters. The molecule has 1 aliphatic rings. The molecule has 0 bridgehead atoms. The Morgan fingerprint density at radius 2 is 2.07 bits per heavy atom. The second kappa shape index (κ2) is 6.94. The number of carbonyl (C=O) groups excluding carboxylic acids is 1. The predicted octanol–water partition coefficient (Wildman–Crippen LogP) is 1.88. The molecule has 4 heterocycles. The second-order valence-corrected chi connectivity index (χ2v) is 7.39. The zero-order chi connectivity index (χ0) is 19.0. The fourth-order valence-electron chi connectivity index (χ4n) is 3.21. The Morgan fingerprint density at radius 3 is 2.78 bits per heavy atom. The van der Waals surface area contributed by atoms with Crippen molar-refractivity contribution >= 4 is 17.4 Å². The molecule has 1 saturated heterocycles. The zero-order valence-corrected chi connectivity index (χ0v) is 15.8. The van der Waals surface area contributed by atoms with Crippen LogP contribution in [-0.4, -0.2) is 61.8 Å². The molecule has 4 rings (SSSR count). The maximum atomic E-state index is 12.2. The molecule has 0 aliphatic carbocycles. The van der Waals surface area contributed by atoms with Crippen molar-refractivity contribution in [3.05, 3.63) is 36.7 Å². The van der Waals surface area contributed by atoms with Gasteiger partial charge in [0.25, 0.3) is 0 Å². The van der Waals surface area contributed by atoms with E-state index in [-0.39, 0.29) is 11.9 Å². The number of likely N-dealkylation sites (N-methyl/N-ethyl adjacent to an activating group) is 1. The van der Waals surface area contributed by atoms with E-state index in [9.17, 15) is 4.79 Å². The molecule has 1 amide bonds. The average molecular weight is 365 g/mol. The molecular weight excluding hydrogens is 342 g/mol. The molecule has 0 unspecified atom stereocenters. The van der Waals surface area contributed by atoms with Gasteiger partial charge in [0.2, 0.25) is 5.91 Å². The molecule has 1 aliphatic heterocycles. The van der Waals surface area contributed by atoms with Crippen LogP contribution in [-0.2, 0) is 4.79 Å². The van der Waals surface area contributed by atoms with Crippen molar-refractivity contribution in [1.29, 1.82) is 0 Å². The summed E-state index contributed by atoms with van der Waals surface area (Å²) in [6, 6.07) is 7.89. The minimum Gasteiger partial charge on any atom is -0.351 e. The Morgan fingerprint density at radius 1 is 1.26 bits per heavy atom. The van der Waals surface area contributed by atoms with Crippen molar-refractivity contribution in [3.63, 3.8) is 0 Å². The van der Waals surface area contributed by atoms with Crippen molar-refractivity contribution in [2.24, 2.45) is 5.92 Å². The van der Waals surface area contributed by atoms with Crippen LogP contribution in [0.1, 0.15) is 20.3 Å². The first kappa shape index (κ1) is 17.4. The fraction of sp³-hybridized carbons (Fsp3) is 0.421. The highest BCUT2D eigenvalue weighted by Gasteiger charge is 2.33. The molecule has 0 spiro atoms. The summed E-state index contributed by atoms with van der Waals surface area (Å²) in [6.07, 6.45) is 4.06. The van der Waals surface area contributed by atoms with E-state index in [1.807, 2.05) is 36.2 Å². The molecule has 0 saturated carbocycles. The summed E-state index contributed by atoms with van der Waals surface area (Å²) < 4.78 is 1.74. The molecular formula is C19H23N7O. The van der Waals surface area contributed by atoms with Gasteiger partial charge in [-0.1, -0.05) is 13.8 Å². The first-order valence-electron chi connectivity index (χ1n) is 9.16. The molecule has 3 aromatic rings. The van der Waals surface area contributed by atoms with Gasteiger partial charge in [-0.25, -0.2) is 0 Å². The normalized spacial score (nSPS) is 14.6. The van der Waals surface area contributed by atoms with Crippen LogP contribution in [0.25, 0.3) is 17.0 Å². The van der Waals surface area contributed by atoms with Crippen LogP contribution in [0.4, 0.5) is 5.82 Å². The number of carbonyl (C=O) groups is 1. The summed E-state index contributed by atoms with van der Waals surface area (Å²) in [5.74, 6) is 2.10. The summed E-state index contributed by atoms with van der Waals surface area (Å²) >= 11 is 0. The number of rotatable bonds is 5. The molecule has 0 radical (unpaired) electrons. The van der Waals surface area contributed by atoms with Crippen LogP contribution in [0.15, 0.2) is 36.7 Å². The van der Waals surface area contributed by atoms with Crippen molar-refractivity contribution in [1.82, 2.24) is 29.7 Å². The van der Waals surface area contributed by atoms with Crippen LogP contribution in [0, 0.1) is 5.92 Å². The Kier molecular flexibility index (Phi) is 4.47. The van der Waals surface area contributed by atoms with E-state index >= 15 is 0 Å². The number of hydrogen-bond acceptors (Lipinski definition) is 6. The Balaban J connectivity index is 1.50. The lowest BCUT2D eigenvalue weighted by atomic mass is 10.1. The molecule has 140 valence electrons. The van der Waals surface area contributed by atoms with E-state index in [1.54, 1.807) is 16.9 Å². The van der Waals surface area contributed by atoms with Gasteiger partial charge in [0.05, 0.1) is 6.04 Å². The third kappa shape index (κ3) is 3.34. The molecule has 27 heavy (non-hydrogen) atoms. The van der Waals surface area contributed by atoms with Gasteiger partial charge in [0, 0.05) is 44.5 Å². The smallest absolute Gasteiger partial charge is 0.222 e. The van der Waals surface area contributed by atoms with Crippen LogP contribution >= 0.6 is 0 Å². The number of fused-ring (bicyclic) bond motifs is 1. The van der Waals surface area contributed by atoms with Gasteiger partial charge >= 0.3 is 0 Å². The van der Waals surface area contributed by atoms with Crippen LogP contribution in [0.3, 0.4) is 0 Å². The summed E-state index contributed by atoms with van der Waals surface area (Å²) in [7, 11) is 1.89. The van der Waals surface area contributed by atoms with Crippen LogP contribution < -0.4 is 4.90 Å². The van der Waals surface area contributed by atoms with Gasteiger partial charge in [-0.2, -0.15) is 4.52 Å². The van der Waals surface area contributed by atoms with E-state index in [0.717, 1.165) is 24.5 Å². The van der Waals surface area contributed by atoms with Crippen molar-refractivity contribution < 1.29 is 4.79 Å². The topological polar surface area (TPSA) is 79.5 Å². The SMILES string of the molecule is CC(C)CC(=O)N(C)C1CN(c2ccc3nnc(-c4cccnc4)n3n2)C1. The highest BCUT2D eigenvalue weighted by atomic mass is 16.2. The summed E-state index contributed by atoms with van der Waals surface area (Å²) in [5.41, 5.74) is 1.56. The Bertz CT molecular complexity index is 947. The van der Waals surface area contributed by atoms with E-state index in [0.29, 0.717) is 23.8 Å². The van der Waals surface area contributed by atoms with Gasteiger partial charge in [-0.05, 0) is 30.2 Å². The second-order valence-electron chi connectivity index (χ2n) is 7.39. The third-order valence-electron chi connectivity index (χ3n) is 4.88. The van der Waals surface area contributed by atoms with Gasteiger partial charge in [-0.15, -0.1) is 15.3 Å². The highest BCUT2D eigenvalue weighted by molar-refractivity contribution is 5.77. The third-order valence-corrected chi connectivity index (χ3v) is 4.88. The quantitative estimate of drug-likeness (QED) is 0.687. The van der Waals surface area contributed by atoms with Gasteiger partial charge in [0.1, 0.15) is 5.82 Å².